The minimum absolute atomic E-state index is 0.0584. The van der Waals surface area contributed by atoms with Crippen molar-refractivity contribution in [2.45, 2.75) is 53.0 Å². The summed E-state index contributed by atoms with van der Waals surface area (Å²) in [6.45, 7) is 10.5. The molecule has 1 aliphatic rings. The average Bonchev–Trinajstić information content (AvgIpc) is 3.09. The molecule has 0 aliphatic carbocycles. The van der Waals surface area contributed by atoms with Crippen LogP contribution in [0.5, 0.6) is 0 Å². The molecule has 0 saturated carbocycles. The van der Waals surface area contributed by atoms with Gasteiger partial charge < -0.3 is 14.2 Å². The van der Waals surface area contributed by atoms with Crippen molar-refractivity contribution in [1.29, 1.82) is 0 Å². The van der Waals surface area contributed by atoms with E-state index in [4.69, 9.17) is 4.42 Å². The third-order valence-corrected chi connectivity index (χ3v) is 5.08. The molecular weight excluding hydrogens is 352 g/mol. The fraction of sp³-hybridized carbons (Fsp3) is 0.500. The first-order chi connectivity index (χ1) is 13.5. The Balaban J connectivity index is 1.63. The summed E-state index contributed by atoms with van der Waals surface area (Å²) in [6.07, 6.45) is 6.24. The molecule has 0 spiro atoms. The molecule has 6 nitrogen and oxygen atoms in total. The smallest absolute Gasteiger partial charge is 0.246 e. The minimum atomic E-state index is 0.0584. The molecular formula is C22H30N4O2. The first-order valence-electron chi connectivity index (χ1n) is 10.1. The van der Waals surface area contributed by atoms with Gasteiger partial charge in [-0.3, -0.25) is 4.79 Å². The normalized spacial score (nSPS) is 15.4. The number of carbonyl (C=O) groups is 1. The Labute approximate surface area is 167 Å². The van der Waals surface area contributed by atoms with Crippen molar-refractivity contribution < 1.29 is 9.21 Å². The Kier molecular flexibility index (Phi) is 6.49. The summed E-state index contributed by atoms with van der Waals surface area (Å²) in [4.78, 5) is 26.1. The Bertz CT molecular complexity index is 815. The van der Waals surface area contributed by atoms with Gasteiger partial charge in [-0.1, -0.05) is 6.92 Å². The number of piperidine rings is 1. The average molecular weight is 383 g/mol. The van der Waals surface area contributed by atoms with Crippen LogP contribution in [-0.4, -0.2) is 46.5 Å². The van der Waals surface area contributed by atoms with Crippen LogP contribution in [0.15, 0.2) is 28.7 Å². The zero-order valence-electron chi connectivity index (χ0n) is 17.3. The summed E-state index contributed by atoms with van der Waals surface area (Å²) in [5, 5.41) is 0. The molecule has 0 N–H and O–H groups in total. The summed E-state index contributed by atoms with van der Waals surface area (Å²) in [5.41, 5.74) is 0.991. The van der Waals surface area contributed by atoms with E-state index < -0.39 is 0 Å². The predicted octanol–water partition coefficient (Wildman–Crippen LogP) is 3.92. The maximum Gasteiger partial charge on any atom is 0.246 e. The molecule has 2 aromatic rings. The standard InChI is InChI=1S/C22H30N4O2/c1-5-12-26(22(27)9-8-20-7-6-17(3)28-20)19-10-13-25(14-11-19)21-15-16(2)23-18(4)24-21/h6-9,15,19H,5,10-14H2,1-4H3/b9-8+. The number of hydrogen-bond acceptors (Lipinski definition) is 5. The second-order valence-corrected chi connectivity index (χ2v) is 7.45. The first-order valence-corrected chi connectivity index (χ1v) is 10.1. The van der Waals surface area contributed by atoms with E-state index in [1.807, 2.05) is 43.9 Å². The molecule has 2 aromatic heterocycles. The second-order valence-electron chi connectivity index (χ2n) is 7.45. The van der Waals surface area contributed by atoms with Crippen LogP contribution in [0, 0.1) is 20.8 Å². The number of aromatic nitrogens is 2. The van der Waals surface area contributed by atoms with Gasteiger partial charge in [-0.25, -0.2) is 9.97 Å². The highest BCUT2D eigenvalue weighted by Crippen LogP contribution is 2.22. The molecule has 150 valence electrons. The number of furan rings is 1. The third-order valence-electron chi connectivity index (χ3n) is 5.08. The van der Waals surface area contributed by atoms with Gasteiger partial charge in [0.05, 0.1) is 0 Å². The lowest BCUT2D eigenvalue weighted by atomic mass is 10.0. The van der Waals surface area contributed by atoms with Gasteiger partial charge >= 0.3 is 0 Å². The molecule has 0 aromatic carbocycles. The Morgan fingerprint density at radius 1 is 1.25 bits per heavy atom. The number of rotatable bonds is 6. The Morgan fingerprint density at radius 3 is 2.61 bits per heavy atom. The molecule has 6 heteroatoms. The van der Waals surface area contributed by atoms with Gasteiger partial charge in [-0.2, -0.15) is 0 Å². The zero-order valence-corrected chi connectivity index (χ0v) is 17.3. The van der Waals surface area contributed by atoms with Crippen LogP contribution < -0.4 is 4.90 Å². The van der Waals surface area contributed by atoms with Crippen molar-refractivity contribution in [2.75, 3.05) is 24.5 Å². The van der Waals surface area contributed by atoms with Crippen molar-refractivity contribution in [3.05, 3.63) is 47.3 Å². The second kappa shape index (κ2) is 9.04. The van der Waals surface area contributed by atoms with Crippen LogP contribution in [0.1, 0.15) is 49.2 Å². The van der Waals surface area contributed by atoms with Gasteiger partial charge in [0.1, 0.15) is 23.2 Å². The molecule has 0 bridgehead atoms. The quantitative estimate of drug-likeness (QED) is 0.709. The maximum atomic E-state index is 12.8. The molecule has 1 saturated heterocycles. The molecule has 1 fully saturated rings. The lowest BCUT2D eigenvalue weighted by Crippen LogP contribution is -2.47. The summed E-state index contributed by atoms with van der Waals surface area (Å²) in [5.74, 6) is 3.41. The Hall–Kier alpha value is -2.63. The number of carbonyl (C=O) groups excluding carboxylic acids is 1. The summed E-state index contributed by atoms with van der Waals surface area (Å²) < 4.78 is 5.53. The van der Waals surface area contributed by atoms with Crippen LogP contribution in [0.2, 0.25) is 0 Å². The molecule has 0 atom stereocenters. The highest BCUT2D eigenvalue weighted by molar-refractivity contribution is 5.91. The topological polar surface area (TPSA) is 62.5 Å². The zero-order chi connectivity index (χ0) is 20.1. The lowest BCUT2D eigenvalue weighted by molar-refractivity contribution is -0.128. The number of anilines is 1. The van der Waals surface area contributed by atoms with Crippen LogP contribution in [0.4, 0.5) is 5.82 Å². The number of aryl methyl sites for hydroxylation is 3. The van der Waals surface area contributed by atoms with Gasteiger partial charge in [0.2, 0.25) is 5.91 Å². The number of amides is 1. The van der Waals surface area contributed by atoms with Gasteiger partial charge in [0.15, 0.2) is 0 Å². The van der Waals surface area contributed by atoms with Gasteiger partial charge in [0, 0.05) is 43.5 Å². The molecule has 28 heavy (non-hydrogen) atoms. The maximum absolute atomic E-state index is 12.8. The van der Waals surface area contributed by atoms with E-state index in [1.54, 1.807) is 12.2 Å². The molecule has 3 heterocycles. The van der Waals surface area contributed by atoms with Crippen molar-refractivity contribution in [2.24, 2.45) is 0 Å². The fourth-order valence-corrected chi connectivity index (χ4v) is 3.77. The minimum Gasteiger partial charge on any atom is -0.462 e. The van der Waals surface area contributed by atoms with Crippen LogP contribution in [-0.2, 0) is 4.79 Å². The fourth-order valence-electron chi connectivity index (χ4n) is 3.77. The van der Waals surface area contributed by atoms with Crippen molar-refractivity contribution in [3.8, 4) is 0 Å². The van der Waals surface area contributed by atoms with Crippen molar-refractivity contribution >= 4 is 17.8 Å². The van der Waals surface area contributed by atoms with Gasteiger partial charge in [0.25, 0.3) is 0 Å². The third kappa shape index (κ3) is 5.00. The molecule has 1 aliphatic heterocycles. The van der Waals surface area contributed by atoms with Crippen molar-refractivity contribution in [1.82, 2.24) is 14.9 Å². The van der Waals surface area contributed by atoms with E-state index in [-0.39, 0.29) is 11.9 Å². The molecule has 0 radical (unpaired) electrons. The van der Waals surface area contributed by atoms with E-state index in [9.17, 15) is 4.79 Å². The highest BCUT2D eigenvalue weighted by atomic mass is 16.3. The van der Waals surface area contributed by atoms with Crippen LogP contribution >= 0.6 is 0 Å². The predicted molar refractivity (Wildman–Crippen MR) is 111 cm³/mol. The van der Waals surface area contributed by atoms with Gasteiger partial charge in [-0.05, 0) is 58.2 Å². The Morgan fingerprint density at radius 2 is 2.00 bits per heavy atom. The highest BCUT2D eigenvalue weighted by Gasteiger charge is 2.27. The van der Waals surface area contributed by atoms with Crippen LogP contribution in [0.25, 0.3) is 6.08 Å². The molecule has 3 rings (SSSR count). The summed E-state index contributed by atoms with van der Waals surface area (Å²) in [6, 6.07) is 6.08. The van der Waals surface area contributed by atoms with E-state index in [0.717, 1.165) is 62.0 Å². The largest absolute Gasteiger partial charge is 0.462 e. The van der Waals surface area contributed by atoms with E-state index in [1.165, 1.54) is 0 Å². The van der Waals surface area contributed by atoms with Crippen LogP contribution in [0.3, 0.4) is 0 Å². The molecule has 0 unspecified atom stereocenters. The van der Waals surface area contributed by atoms with Gasteiger partial charge in [-0.15, -0.1) is 0 Å². The van der Waals surface area contributed by atoms with Crippen molar-refractivity contribution in [3.63, 3.8) is 0 Å². The lowest BCUT2D eigenvalue weighted by Gasteiger charge is -2.38. The van der Waals surface area contributed by atoms with E-state index in [2.05, 4.69) is 21.8 Å². The first kappa shape index (κ1) is 20.1. The summed E-state index contributed by atoms with van der Waals surface area (Å²) >= 11 is 0. The number of nitrogens with zero attached hydrogens (tertiary/aromatic N) is 4. The van der Waals surface area contributed by atoms with E-state index >= 15 is 0 Å². The summed E-state index contributed by atoms with van der Waals surface area (Å²) in [7, 11) is 0. The van der Waals surface area contributed by atoms with E-state index in [0.29, 0.717) is 5.76 Å². The monoisotopic (exact) mass is 382 g/mol. The molecule has 1 amide bonds. The SMILES string of the molecule is CCCN(C(=O)/C=C/c1ccc(C)o1)C1CCN(c2cc(C)nc(C)n2)CC1. The number of hydrogen-bond donors (Lipinski definition) is 0.